The maximum atomic E-state index is 5.87. The van der Waals surface area contributed by atoms with Crippen molar-refractivity contribution in [2.75, 3.05) is 6.61 Å². The van der Waals surface area contributed by atoms with E-state index in [4.69, 9.17) is 10.5 Å². The lowest BCUT2D eigenvalue weighted by atomic mass is 10.1. The first-order valence-corrected chi connectivity index (χ1v) is 6.87. The van der Waals surface area contributed by atoms with Crippen molar-refractivity contribution >= 4 is 6.08 Å². The van der Waals surface area contributed by atoms with Crippen LogP contribution in [0.15, 0.2) is 54.6 Å². The summed E-state index contributed by atoms with van der Waals surface area (Å²) in [5, 5.41) is 0. The zero-order valence-corrected chi connectivity index (χ0v) is 12.0. The highest BCUT2D eigenvalue weighted by Gasteiger charge is 2.03. The summed E-state index contributed by atoms with van der Waals surface area (Å²) in [5.41, 5.74) is 9.30. The topological polar surface area (TPSA) is 35.2 Å². The Hall–Kier alpha value is -2.06. The first-order chi connectivity index (χ1) is 9.66. The Labute approximate surface area is 120 Å². The van der Waals surface area contributed by atoms with E-state index < -0.39 is 0 Å². The van der Waals surface area contributed by atoms with E-state index in [1.165, 1.54) is 5.56 Å². The summed E-state index contributed by atoms with van der Waals surface area (Å²) in [7, 11) is 0. The zero-order valence-electron chi connectivity index (χ0n) is 12.0. The van der Waals surface area contributed by atoms with Crippen LogP contribution in [0.3, 0.4) is 0 Å². The van der Waals surface area contributed by atoms with Crippen LogP contribution in [0, 0.1) is 6.92 Å². The molecule has 2 aromatic carbocycles. The molecule has 0 aromatic heterocycles. The molecular formula is C18H21NO. The van der Waals surface area contributed by atoms with E-state index in [-0.39, 0.29) is 6.04 Å². The maximum Gasteiger partial charge on any atom is 0.122 e. The molecule has 0 aliphatic carbocycles. The first kappa shape index (κ1) is 14.4. The molecular weight excluding hydrogens is 246 g/mol. The number of aryl methyl sites for hydroxylation is 1. The van der Waals surface area contributed by atoms with E-state index >= 15 is 0 Å². The Kier molecular flexibility index (Phi) is 4.97. The minimum absolute atomic E-state index is 0.0562. The molecule has 1 atom stereocenters. The van der Waals surface area contributed by atoms with E-state index in [0.29, 0.717) is 6.61 Å². The molecule has 104 valence electrons. The van der Waals surface area contributed by atoms with Gasteiger partial charge in [-0.05, 0) is 42.7 Å². The SMILES string of the molecule is Cc1cc([C@@H](C)N)ccc1OC/C=C/c1ccccc1. The smallest absolute Gasteiger partial charge is 0.122 e. The van der Waals surface area contributed by atoms with Gasteiger partial charge in [0.2, 0.25) is 0 Å². The lowest BCUT2D eigenvalue weighted by molar-refractivity contribution is 0.361. The third kappa shape index (κ3) is 3.97. The third-order valence-corrected chi connectivity index (χ3v) is 3.17. The predicted molar refractivity (Wildman–Crippen MR) is 84.8 cm³/mol. The van der Waals surface area contributed by atoms with E-state index in [9.17, 15) is 0 Å². The van der Waals surface area contributed by atoms with Crippen LogP contribution in [-0.2, 0) is 0 Å². The Morgan fingerprint density at radius 3 is 2.55 bits per heavy atom. The molecule has 2 aromatic rings. The zero-order chi connectivity index (χ0) is 14.4. The van der Waals surface area contributed by atoms with Crippen molar-refractivity contribution in [3.05, 3.63) is 71.3 Å². The van der Waals surface area contributed by atoms with Crippen LogP contribution in [0.1, 0.15) is 29.7 Å². The van der Waals surface area contributed by atoms with Crippen molar-refractivity contribution in [1.82, 2.24) is 0 Å². The van der Waals surface area contributed by atoms with Crippen molar-refractivity contribution in [1.29, 1.82) is 0 Å². The number of hydrogen-bond acceptors (Lipinski definition) is 2. The number of nitrogens with two attached hydrogens (primary N) is 1. The third-order valence-electron chi connectivity index (χ3n) is 3.17. The molecule has 0 fully saturated rings. The van der Waals surface area contributed by atoms with Crippen LogP contribution in [-0.4, -0.2) is 6.61 Å². The normalized spacial score (nSPS) is 12.6. The molecule has 0 aliphatic heterocycles. The van der Waals surface area contributed by atoms with E-state index in [2.05, 4.69) is 24.3 Å². The van der Waals surface area contributed by atoms with Crippen LogP contribution in [0.25, 0.3) is 6.08 Å². The largest absolute Gasteiger partial charge is 0.489 e. The molecule has 2 rings (SSSR count). The highest BCUT2D eigenvalue weighted by atomic mass is 16.5. The Morgan fingerprint density at radius 2 is 1.90 bits per heavy atom. The van der Waals surface area contributed by atoms with Gasteiger partial charge in [0.05, 0.1) is 0 Å². The summed E-state index contributed by atoms with van der Waals surface area (Å²) in [6, 6.07) is 16.4. The average Bonchev–Trinajstić information content (AvgIpc) is 2.46. The quantitative estimate of drug-likeness (QED) is 0.885. The summed E-state index contributed by atoms with van der Waals surface area (Å²) >= 11 is 0. The molecule has 0 radical (unpaired) electrons. The second kappa shape index (κ2) is 6.92. The van der Waals surface area contributed by atoms with E-state index in [0.717, 1.165) is 16.9 Å². The van der Waals surface area contributed by atoms with Crippen molar-refractivity contribution in [3.8, 4) is 5.75 Å². The first-order valence-electron chi connectivity index (χ1n) is 6.87. The Bertz CT molecular complexity index is 573. The number of hydrogen-bond donors (Lipinski definition) is 1. The van der Waals surface area contributed by atoms with E-state index in [1.54, 1.807) is 0 Å². The number of benzene rings is 2. The van der Waals surface area contributed by atoms with Gasteiger partial charge in [-0.15, -0.1) is 0 Å². The molecule has 0 amide bonds. The van der Waals surface area contributed by atoms with Gasteiger partial charge in [0.1, 0.15) is 12.4 Å². The molecule has 2 nitrogen and oxygen atoms in total. The van der Waals surface area contributed by atoms with Gasteiger partial charge >= 0.3 is 0 Å². The van der Waals surface area contributed by atoms with Gasteiger partial charge in [-0.1, -0.05) is 48.5 Å². The molecule has 0 unspecified atom stereocenters. The summed E-state index contributed by atoms with van der Waals surface area (Å²) in [4.78, 5) is 0. The van der Waals surface area contributed by atoms with Crippen molar-refractivity contribution < 1.29 is 4.74 Å². The molecule has 20 heavy (non-hydrogen) atoms. The van der Waals surface area contributed by atoms with Crippen LogP contribution in [0.4, 0.5) is 0 Å². The predicted octanol–water partition coefficient (Wildman–Crippen LogP) is 4.11. The van der Waals surface area contributed by atoms with Crippen LogP contribution in [0.2, 0.25) is 0 Å². The fraction of sp³-hybridized carbons (Fsp3) is 0.222. The average molecular weight is 267 g/mol. The highest BCUT2D eigenvalue weighted by Crippen LogP contribution is 2.21. The van der Waals surface area contributed by atoms with Gasteiger partial charge in [0, 0.05) is 6.04 Å². The van der Waals surface area contributed by atoms with Crippen LogP contribution in [0.5, 0.6) is 5.75 Å². The fourth-order valence-corrected chi connectivity index (χ4v) is 2.00. The molecule has 2 N–H and O–H groups in total. The van der Waals surface area contributed by atoms with Gasteiger partial charge in [0.15, 0.2) is 0 Å². The van der Waals surface area contributed by atoms with Crippen molar-refractivity contribution in [2.24, 2.45) is 5.73 Å². The van der Waals surface area contributed by atoms with Gasteiger partial charge in [0.25, 0.3) is 0 Å². The molecule has 0 aliphatic rings. The Morgan fingerprint density at radius 1 is 1.15 bits per heavy atom. The summed E-state index contributed by atoms with van der Waals surface area (Å²) in [6.07, 6.45) is 4.08. The fourth-order valence-electron chi connectivity index (χ4n) is 2.00. The highest BCUT2D eigenvalue weighted by molar-refractivity contribution is 5.48. The van der Waals surface area contributed by atoms with Gasteiger partial charge in [-0.2, -0.15) is 0 Å². The molecule has 0 saturated heterocycles. The Balaban J connectivity index is 1.93. The lowest BCUT2D eigenvalue weighted by Gasteiger charge is -2.11. The standard InChI is InChI=1S/C18H21NO/c1-14-13-17(15(2)19)10-11-18(14)20-12-6-9-16-7-4-3-5-8-16/h3-11,13,15H,12,19H2,1-2H3/b9-6+/t15-/m1/s1. The van der Waals surface area contributed by atoms with Crippen LogP contribution < -0.4 is 10.5 Å². The second-order valence-electron chi connectivity index (χ2n) is 4.94. The second-order valence-corrected chi connectivity index (χ2v) is 4.94. The molecule has 0 bridgehead atoms. The summed E-state index contributed by atoms with van der Waals surface area (Å²) < 4.78 is 5.77. The summed E-state index contributed by atoms with van der Waals surface area (Å²) in [5.74, 6) is 0.909. The van der Waals surface area contributed by atoms with Gasteiger partial charge in [-0.3, -0.25) is 0 Å². The van der Waals surface area contributed by atoms with Crippen molar-refractivity contribution in [3.63, 3.8) is 0 Å². The van der Waals surface area contributed by atoms with Crippen LogP contribution >= 0.6 is 0 Å². The lowest BCUT2D eigenvalue weighted by Crippen LogP contribution is -2.05. The molecule has 0 saturated carbocycles. The van der Waals surface area contributed by atoms with Gasteiger partial charge < -0.3 is 10.5 Å². The number of rotatable bonds is 5. The van der Waals surface area contributed by atoms with E-state index in [1.807, 2.05) is 50.3 Å². The van der Waals surface area contributed by atoms with Gasteiger partial charge in [-0.25, -0.2) is 0 Å². The molecule has 0 heterocycles. The number of ether oxygens (including phenoxy) is 1. The van der Waals surface area contributed by atoms with Crippen molar-refractivity contribution in [2.45, 2.75) is 19.9 Å². The molecule has 2 heteroatoms. The molecule has 0 spiro atoms. The minimum atomic E-state index is 0.0562. The summed E-state index contributed by atoms with van der Waals surface area (Å²) in [6.45, 7) is 4.59. The monoisotopic (exact) mass is 267 g/mol. The minimum Gasteiger partial charge on any atom is -0.489 e. The maximum absolute atomic E-state index is 5.87.